The number of hydrogen-bond donors (Lipinski definition) is 0. The van der Waals surface area contributed by atoms with Gasteiger partial charge in [0, 0.05) is 26.4 Å². The molecule has 0 atom stereocenters. The molecule has 0 saturated carbocycles. The molecule has 0 fully saturated rings. The van der Waals surface area contributed by atoms with Gasteiger partial charge in [0.15, 0.2) is 0 Å². The number of aromatic nitrogens is 2. The summed E-state index contributed by atoms with van der Waals surface area (Å²) in [5, 5.41) is 0. The van der Waals surface area contributed by atoms with E-state index < -0.39 is 0 Å². The second kappa shape index (κ2) is 6.77. The quantitative estimate of drug-likeness (QED) is 0.673. The molecule has 3 rings (SSSR count). The minimum Gasteiger partial charge on any atom is -0.468 e. The molecule has 0 aliphatic carbocycles. The Morgan fingerprint density at radius 2 is 2.23 bits per heavy atom. The molecule has 0 unspecified atom stereocenters. The first-order valence-corrected chi connectivity index (χ1v) is 7.42. The summed E-state index contributed by atoms with van der Waals surface area (Å²) in [6.07, 6.45) is 5.73. The van der Waals surface area contributed by atoms with Crippen molar-refractivity contribution in [3.05, 3.63) is 59.9 Å². The first-order chi connectivity index (χ1) is 10.8. The smallest absolute Gasteiger partial charge is 0.137 e. The normalized spacial score (nSPS) is 11.6. The number of fused-ring (bicyclic) bond motifs is 1. The lowest BCUT2D eigenvalue weighted by Crippen LogP contribution is -2.27. The SMILES string of the molecule is COCCN(Cc1ccco1)Cc1cnc2cc(C)ccn12. The Balaban J connectivity index is 1.78. The highest BCUT2D eigenvalue weighted by atomic mass is 16.5. The molecule has 0 aliphatic heterocycles. The molecule has 3 aromatic rings. The molecule has 0 aliphatic rings. The van der Waals surface area contributed by atoms with E-state index in [0.717, 1.165) is 36.7 Å². The zero-order valence-corrected chi connectivity index (χ0v) is 13.0. The predicted molar refractivity (Wildman–Crippen MR) is 84.6 cm³/mol. The molecule has 5 heteroatoms. The fourth-order valence-electron chi connectivity index (χ4n) is 2.54. The monoisotopic (exact) mass is 299 g/mol. The largest absolute Gasteiger partial charge is 0.468 e. The molecule has 0 saturated heterocycles. The Kier molecular flexibility index (Phi) is 4.56. The van der Waals surface area contributed by atoms with E-state index in [1.54, 1.807) is 13.4 Å². The van der Waals surface area contributed by atoms with Crippen molar-refractivity contribution in [2.24, 2.45) is 0 Å². The van der Waals surface area contributed by atoms with Crippen LogP contribution in [0.25, 0.3) is 5.65 Å². The van der Waals surface area contributed by atoms with Gasteiger partial charge in [0.1, 0.15) is 11.4 Å². The summed E-state index contributed by atoms with van der Waals surface area (Å²) < 4.78 is 12.8. The molecule has 0 bridgehead atoms. The van der Waals surface area contributed by atoms with Crippen LogP contribution < -0.4 is 0 Å². The third-order valence-electron chi connectivity index (χ3n) is 3.70. The van der Waals surface area contributed by atoms with E-state index >= 15 is 0 Å². The summed E-state index contributed by atoms with van der Waals surface area (Å²) in [5.74, 6) is 0.959. The molecule has 0 N–H and O–H groups in total. The van der Waals surface area contributed by atoms with E-state index in [9.17, 15) is 0 Å². The Labute approximate surface area is 130 Å². The van der Waals surface area contributed by atoms with E-state index in [1.165, 1.54) is 5.56 Å². The van der Waals surface area contributed by atoms with Crippen LogP contribution in [0.4, 0.5) is 0 Å². The molecule has 22 heavy (non-hydrogen) atoms. The van der Waals surface area contributed by atoms with Crippen LogP contribution >= 0.6 is 0 Å². The van der Waals surface area contributed by atoms with Crippen LogP contribution in [0, 0.1) is 6.92 Å². The number of imidazole rings is 1. The Bertz CT molecular complexity index is 719. The van der Waals surface area contributed by atoms with Gasteiger partial charge in [-0.2, -0.15) is 0 Å². The molecular formula is C17H21N3O2. The van der Waals surface area contributed by atoms with Crippen LogP contribution in [0.1, 0.15) is 17.0 Å². The minimum absolute atomic E-state index is 0.691. The summed E-state index contributed by atoms with van der Waals surface area (Å²) in [4.78, 5) is 6.79. The number of furan rings is 1. The Hall–Kier alpha value is -2.11. The first-order valence-electron chi connectivity index (χ1n) is 7.42. The summed E-state index contributed by atoms with van der Waals surface area (Å²) in [6, 6.07) is 8.11. The maximum atomic E-state index is 5.46. The van der Waals surface area contributed by atoms with Crippen molar-refractivity contribution in [2.45, 2.75) is 20.0 Å². The fraction of sp³-hybridized carbons (Fsp3) is 0.353. The second-order valence-electron chi connectivity index (χ2n) is 5.46. The van der Waals surface area contributed by atoms with Crippen LogP contribution in [-0.4, -0.2) is 34.5 Å². The Morgan fingerprint density at radius 1 is 1.32 bits per heavy atom. The zero-order chi connectivity index (χ0) is 15.4. The van der Waals surface area contributed by atoms with E-state index in [-0.39, 0.29) is 0 Å². The number of pyridine rings is 1. The van der Waals surface area contributed by atoms with E-state index in [1.807, 2.05) is 18.3 Å². The number of methoxy groups -OCH3 is 1. The van der Waals surface area contributed by atoms with Crippen molar-refractivity contribution in [3.63, 3.8) is 0 Å². The number of rotatable bonds is 7. The number of aryl methyl sites for hydroxylation is 1. The van der Waals surface area contributed by atoms with Gasteiger partial charge >= 0.3 is 0 Å². The maximum Gasteiger partial charge on any atom is 0.137 e. The topological polar surface area (TPSA) is 42.9 Å². The van der Waals surface area contributed by atoms with Crippen LogP contribution in [0.3, 0.4) is 0 Å². The molecule has 0 radical (unpaired) electrons. The van der Waals surface area contributed by atoms with Crippen LogP contribution in [0.5, 0.6) is 0 Å². The van der Waals surface area contributed by atoms with E-state index in [4.69, 9.17) is 9.15 Å². The first kappa shape index (κ1) is 14.8. The van der Waals surface area contributed by atoms with E-state index in [0.29, 0.717) is 6.61 Å². The second-order valence-corrected chi connectivity index (χ2v) is 5.46. The highest BCUT2D eigenvalue weighted by molar-refractivity contribution is 5.42. The molecule has 3 aromatic heterocycles. The molecule has 3 heterocycles. The maximum absolute atomic E-state index is 5.46. The zero-order valence-electron chi connectivity index (χ0n) is 13.0. The van der Waals surface area contributed by atoms with Gasteiger partial charge in [-0.1, -0.05) is 0 Å². The van der Waals surface area contributed by atoms with Gasteiger partial charge in [-0.3, -0.25) is 4.90 Å². The van der Waals surface area contributed by atoms with Gasteiger partial charge in [-0.15, -0.1) is 0 Å². The Morgan fingerprint density at radius 3 is 3.00 bits per heavy atom. The van der Waals surface area contributed by atoms with Crippen molar-refractivity contribution in [3.8, 4) is 0 Å². The van der Waals surface area contributed by atoms with Gasteiger partial charge in [0.25, 0.3) is 0 Å². The van der Waals surface area contributed by atoms with Gasteiger partial charge in [-0.05, 0) is 36.8 Å². The van der Waals surface area contributed by atoms with Crippen molar-refractivity contribution in [1.82, 2.24) is 14.3 Å². The average molecular weight is 299 g/mol. The lowest BCUT2D eigenvalue weighted by molar-refractivity contribution is 0.134. The highest BCUT2D eigenvalue weighted by Crippen LogP contribution is 2.13. The van der Waals surface area contributed by atoms with Gasteiger partial charge in [0.2, 0.25) is 0 Å². The van der Waals surface area contributed by atoms with Crippen molar-refractivity contribution in [2.75, 3.05) is 20.3 Å². The van der Waals surface area contributed by atoms with Crippen molar-refractivity contribution < 1.29 is 9.15 Å². The fourth-order valence-corrected chi connectivity index (χ4v) is 2.54. The lowest BCUT2D eigenvalue weighted by atomic mass is 10.3. The molecule has 116 valence electrons. The number of hydrogen-bond acceptors (Lipinski definition) is 4. The van der Waals surface area contributed by atoms with Crippen molar-refractivity contribution in [1.29, 1.82) is 0 Å². The summed E-state index contributed by atoms with van der Waals surface area (Å²) in [6.45, 7) is 5.17. The lowest BCUT2D eigenvalue weighted by Gasteiger charge is -2.20. The van der Waals surface area contributed by atoms with Crippen LogP contribution in [0.15, 0.2) is 47.3 Å². The van der Waals surface area contributed by atoms with Crippen LogP contribution in [0.2, 0.25) is 0 Å². The third-order valence-corrected chi connectivity index (χ3v) is 3.70. The van der Waals surface area contributed by atoms with Crippen molar-refractivity contribution >= 4 is 5.65 Å². The molecule has 5 nitrogen and oxygen atoms in total. The predicted octanol–water partition coefficient (Wildman–Crippen LogP) is 2.88. The minimum atomic E-state index is 0.691. The average Bonchev–Trinajstić information content (AvgIpc) is 3.15. The molecule has 0 spiro atoms. The third kappa shape index (κ3) is 3.37. The summed E-state index contributed by atoms with van der Waals surface area (Å²) in [5.41, 5.74) is 3.37. The molecule has 0 amide bonds. The summed E-state index contributed by atoms with van der Waals surface area (Å²) >= 11 is 0. The highest BCUT2D eigenvalue weighted by Gasteiger charge is 2.12. The summed E-state index contributed by atoms with van der Waals surface area (Å²) in [7, 11) is 1.72. The van der Waals surface area contributed by atoms with Gasteiger partial charge in [0.05, 0.1) is 31.3 Å². The van der Waals surface area contributed by atoms with Gasteiger partial charge in [-0.25, -0.2) is 4.98 Å². The van der Waals surface area contributed by atoms with E-state index in [2.05, 4.69) is 39.5 Å². The van der Waals surface area contributed by atoms with Gasteiger partial charge < -0.3 is 13.6 Å². The van der Waals surface area contributed by atoms with Crippen LogP contribution in [-0.2, 0) is 17.8 Å². The molecular weight excluding hydrogens is 278 g/mol. The number of nitrogens with zero attached hydrogens (tertiary/aromatic N) is 3. The standard InChI is InChI=1S/C17H21N3O2/c1-14-5-6-20-15(11-18-17(20)10-14)12-19(7-9-21-2)13-16-4-3-8-22-16/h3-6,8,10-11H,7,9,12-13H2,1-2H3. The molecule has 0 aromatic carbocycles. The number of ether oxygens (including phenoxy) is 1.